The molecular weight excluding hydrogens is 222 g/mol. The normalized spacial score (nSPS) is 27.8. The molecule has 1 aliphatic heterocycles. The van der Waals surface area contributed by atoms with E-state index in [2.05, 4.69) is 25.1 Å². The first kappa shape index (κ1) is 14.0. The molecule has 1 saturated heterocycles. The lowest BCUT2D eigenvalue weighted by Crippen LogP contribution is -2.31. The van der Waals surface area contributed by atoms with Crippen molar-refractivity contribution in [1.29, 1.82) is 0 Å². The van der Waals surface area contributed by atoms with Gasteiger partial charge in [-0.25, -0.2) is 4.36 Å². The van der Waals surface area contributed by atoms with Crippen LogP contribution < -0.4 is 0 Å². The third-order valence-corrected chi connectivity index (χ3v) is 3.39. The van der Waals surface area contributed by atoms with E-state index in [0.29, 0.717) is 18.1 Å². The maximum atomic E-state index is 11.5. The molecule has 4 heteroatoms. The lowest BCUT2D eigenvalue weighted by Gasteiger charge is -2.31. The Kier molecular flexibility index (Phi) is 4.41. The van der Waals surface area contributed by atoms with E-state index in [1.807, 2.05) is 0 Å². The summed E-state index contributed by atoms with van der Waals surface area (Å²) < 4.78 is 21.6. The fourth-order valence-electron chi connectivity index (χ4n) is 2.08. The summed E-state index contributed by atoms with van der Waals surface area (Å²) in [6.07, 6.45) is 6.88. The average Bonchev–Trinajstić information content (AvgIpc) is 2.03. The molecule has 96 valence electrons. The largest absolute Gasteiger partial charge is 0.376 e. The van der Waals surface area contributed by atoms with Crippen molar-refractivity contribution in [1.82, 2.24) is 0 Å². The average molecular weight is 247 g/mol. The topological polar surface area (TPSA) is 38.7 Å². The van der Waals surface area contributed by atoms with Crippen LogP contribution in [0.25, 0.3) is 0 Å². The molecule has 0 saturated carbocycles. The van der Waals surface area contributed by atoms with Crippen molar-refractivity contribution in [2.45, 2.75) is 52.2 Å². The SMILES string of the molecule is CC(C)(C)CC1CCC(N=S(C)(C)=O)CO1. The van der Waals surface area contributed by atoms with Gasteiger partial charge in [-0.3, -0.25) is 4.21 Å². The highest BCUT2D eigenvalue weighted by atomic mass is 32.2. The highest BCUT2D eigenvalue weighted by Crippen LogP contribution is 2.28. The predicted octanol–water partition coefficient (Wildman–Crippen LogP) is 2.70. The van der Waals surface area contributed by atoms with Gasteiger partial charge in [-0.15, -0.1) is 0 Å². The molecule has 16 heavy (non-hydrogen) atoms. The third-order valence-electron chi connectivity index (χ3n) is 2.59. The minimum Gasteiger partial charge on any atom is -0.376 e. The van der Waals surface area contributed by atoms with Crippen LogP contribution in [0.15, 0.2) is 4.36 Å². The summed E-state index contributed by atoms with van der Waals surface area (Å²) >= 11 is 0. The number of nitrogens with zero attached hydrogens (tertiary/aromatic N) is 1. The van der Waals surface area contributed by atoms with E-state index in [9.17, 15) is 4.21 Å². The molecule has 1 fully saturated rings. The maximum Gasteiger partial charge on any atom is 0.0828 e. The van der Waals surface area contributed by atoms with E-state index < -0.39 is 9.73 Å². The van der Waals surface area contributed by atoms with Gasteiger partial charge in [0.1, 0.15) is 0 Å². The molecule has 1 aliphatic rings. The maximum absolute atomic E-state index is 11.5. The van der Waals surface area contributed by atoms with E-state index in [4.69, 9.17) is 4.74 Å². The zero-order valence-electron chi connectivity index (χ0n) is 11.2. The predicted molar refractivity (Wildman–Crippen MR) is 69.3 cm³/mol. The van der Waals surface area contributed by atoms with Crippen molar-refractivity contribution in [3.05, 3.63) is 0 Å². The summed E-state index contributed by atoms with van der Waals surface area (Å²) in [5.41, 5.74) is 0.317. The smallest absolute Gasteiger partial charge is 0.0828 e. The standard InChI is InChI=1S/C12H25NO2S/c1-12(2,3)8-11-7-6-10(9-15-11)13-16(4,5)14/h10-11H,6-9H2,1-5H3. The fraction of sp³-hybridized carbons (Fsp3) is 1.00. The van der Waals surface area contributed by atoms with E-state index in [1.165, 1.54) is 0 Å². The molecule has 3 nitrogen and oxygen atoms in total. The van der Waals surface area contributed by atoms with Gasteiger partial charge in [0.15, 0.2) is 0 Å². The number of hydrogen-bond acceptors (Lipinski definition) is 3. The Labute approximate surface area is 100 Å². The van der Waals surface area contributed by atoms with E-state index >= 15 is 0 Å². The Morgan fingerprint density at radius 3 is 2.31 bits per heavy atom. The quantitative estimate of drug-likeness (QED) is 0.752. The minimum absolute atomic E-state index is 0.138. The molecule has 2 unspecified atom stereocenters. The first-order valence-corrected chi connectivity index (χ1v) is 8.27. The Morgan fingerprint density at radius 2 is 1.94 bits per heavy atom. The van der Waals surface area contributed by atoms with Crippen LogP contribution in [0.5, 0.6) is 0 Å². The van der Waals surface area contributed by atoms with Crippen LogP contribution in [-0.2, 0) is 14.5 Å². The second-order valence-corrected chi connectivity index (χ2v) is 8.81. The van der Waals surface area contributed by atoms with Gasteiger partial charge >= 0.3 is 0 Å². The van der Waals surface area contributed by atoms with Gasteiger partial charge in [0.25, 0.3) is 0 Å². The van der Waals surface area contributed by atoms with Crippen LogP contribution in [0.4, 0.5) is 0 Å². The van der Waals surface area contributed by atoms with Gasteiger partial charge in [-0.05, 0) is 24.7 Å². The Balaban J connectivity index is 2.44. The fourth-order valence-corrected chi connectivity index (χ4v) is 2.96. The molecule has 2 atom stereocenters. The summed E-state index contributed by atoms with van der Waals surface area (Å²) in [6, 6.07) is 0.138. The molecule has 1 rings (SSSR count). The molecule has 0 aliphatic carbocycles. The van der Waals surface area contributed by atoms with Crippen LogP contribution in [0, 0.1) is 5.41 Å². The Bertz CT molecular complexity index is 321. The van der Waals surface area contributed by atoms with Gasteiger partial charge < -0.3 is 4.74 Å². The van der Waals surface area contributed by atoms with Crippen LogP contribution in [0.3, 0.4) is 0 Å². The van der Waals surface area contributed by atoms with E-state index in [1.54, 1.807) is 12.5 Å². The van der Waals surface area contributed by atoms with Crippen molar-refractivity contribution in [3.8, 4) is 0 Å². The van der Waals surface area contributed by atoms with Crippen molar-refractivity contribution in [3.63, 3.8) is 0 Å². The summed E-state index contributed by atoms with van der Waals surface area (Å²) in [5, 5.41) is 0. The van der Waals surface area contributed by atoms with Gasteiger partial charge in [0, 0.05) is 22.2 Å². The molecule has 0 aromatic rings. The summed E-state index contributed by atoms with van der Waals surface area (Å²) in [4.78, 5) is 0. The molecule has 0 aromatic carbocycles. The second kappa shape index (κ2) is 5.05. The Morgan fingerprint density at radius 1 is 1.31 bits per heavy atom. The third kappa shape index (κ3) is 5.85. The lowest BCUT2D eigenvalue weighted by molar-refractivity contribution is -0.0154. The first-order valence-electron chi connectivity index (χ1n) is 5.93. The van der Waals surface area contributed by atoms with Crippen LogP contribution in [0.2, 0.25) is 0 Å². The highest BCUT2D eigenvalue weighted by molar-refractivity contribution is 7.92. The van der Waals surface area contributed by atoms with Crippen molar-refractivity contribution >= 4 is 9.73 Å². The number of hydrogen-bond donors (Lipinski definition) is 0. The first-order chi connectivity index (χ1) is 7.16. The van der Waals surface area contributed by atoms with Gasteiger partial charge in [0.05, 0.1) is 18.8 Å². The summed E-state index contributed by atoms with van der Waals surface area (Å²) in [7, 11) is -1.98. The van der Waals surface area contributed by atoms with Gasteiger partial charge in [0.2, 0.25) is 0 Å². The zero-order valence-corrected chi connectivity index (χ0v) is 12.0. The van der Waals surface area contributed by atoms with Crippen molar-refractivity contribution in [2.75, 3.05) is 19.1 Å². The van der Waals surface area contributed by atoms with Crippen molar-refractivity contribution in [2.24, 2.45) is 9.78 Å². The molecular formula is C12H25NO2S. The highest BCUT2D eigenvalue weighted by Gasteiger charge is 2.25. The second-order valence-electron chi connectivity index (χ2n) is 6.24. The molecule has 0 radical (unpaired) electrons. The minimum atomic E-state index is -1.98. The summed E-state index contributed by atoms with van der Waals surface area (Å²) in [5.74, 6) is 0. The number of rotatable bonds is 2. The lowest BCUT2D eigenvalue weighted by atomic mass is 9.86. The van der Waals surface area contributed by atoms with E-state index in [-0.39, 0.29) is 6.04 Å². The van der Waals surface area contributed by atoms with Gasteiger partial charge in [-0.1, -0.05) is 20.8 Å². The molecule has 0 spiro atoms. The molecule has 0 aromatic heterocycles. The van der Waals surface area contributed by atoms with Gasteiger partial charge in [-0.2, -0.15) is 0 Å². The summed E-state index contributed by atoms with van der Waals surface area (Å²) in [6.45, 7) is 7.34. The van der Waals surface area contributed by atoms with Crippen LogP contribution >= 0.6 is 0 Å². The van der Waals surface area contributed by atoms with Crippen molar-refractivity contribution < 1.29 is 8.95 Å². The molecule has 1 heterocycles. The number of ether oxygens (including phenoxy) is 1. The molecule has 0 bridgehead atoms. The monoisotopic (exact) mass is 247 g/mol. The Hall–Kier alpha value is -0.0900. The zero-order chi connectivity index (χ0) is 12.4. The molecule has 0 N–H and O–H groups in total. The van der Waals surface area contributed by atoms with Crippen LogP contribution in [-0.4, -0.2) is 35.5 Å². The van der Waals surface area contributed by atoms with E-state index in [0.717, 1.165) is 19.3 Å². The van der Waals surface area contributed by atoms with Crippen LogP contribution in [0.1, 0.15) is 40.0 Å². The molecule has 0 amide bonds.